The first-order chi connectivity index (χ1) is 9.34. The lowest BCUT2D eigenvalue weighted by Gasteiger charge is -2.42. The highest BCUT2D eigenvalue weighted by molar-refractivity contribution is 5.39. The lowest BCUT2D eigenvalue weighted by atomic mass is 9.64. The second-order valence-electron chi connectivity index (χ2n) is 7.62. The van der Waals surface area contributed by atoms with Crippen LogP contribution in [-0.2, 0) is 0 Å². The van der Waals surface area contributed by atoms with Gasteiger partial charge in [0.2, 0.25) is 0 Å². The maximum atomic E-state index is 3.41. The number of nitrogens with one attached hydrogen (secondary N) is 1. The van der Waals surface area contributed by atoms with Crippen molar-refractivity contribution in [2.24, 2.45) is 11.3 Å². The molecule has 1 heteroatoms. The third-order valence-electron chi connectivity index (χ3n) is 5.28. The van der Waals surface area contributed by atoms with Gasteiger partial charge in [-0.1, -0.05) is 26.0 Å². The lowest BCUT2D eigenvalue weighted by molar-refractivity contribution is 0.161. The fourth-order valence-electron chi connectivity index (χ4n) is 3.89. The van der Waals surface area contributed by atoms with E-state index in [-0.39, 0.29) is 0 Å². The molecule has 1 aromatic rings. The van der Waals surface area contributed by atoms with E-state index in [1.54, 1.807) is 5.56 Å². The minimum absolute atomic E-state index is 0.486. The van der Waals surface area contributed by atoms with E-state index >= 15 is 0 Å². The average molecular weight is 273 g/mol. The quantitative estimate of drug-likeness (QED) is 0.838. The highest BCUT2D eigenvalue weighted by Crippen LogP contribution is 2.47. The molecule has 1 nitrogen and oxygen atoms in total. The first kappa shape index (κ1) is 15.6. The summed E-state index contributed by atoms with van der Waals surface area (Å²) >= 11 is 0. The molecule has 1 aromatic carbocycles. The molecule has 1 aliphatic rings. The molecule has 0 aliphatic heterocycles. The molecule has 0 radical (unpaired) electrons. The Morgan fingerprint density at radius 1 is 1.10 bits per heavy atom. The van der Waals surface area contributed by atoms with Gasteiger partial charge in [-0.05, 0) is 93.1 Å². The van der Waals surface area contributed by atoms with Gasteiger partial charge in [-0.3, -0.25) is 0 Å². The summed E-state index contributed by atoms with van der Waals surface area (Å²) < 4.78 is 0. The number of benzene rings is 1. The van der Waals surface area contributed by atoms with Crippen LogP contribution in [0.3, 0.4) is 0 Å². The number of rotatable bonds is 3. The molecule has 0 heterocycles. The Labute approximate surface area is 125 Å². The maximum absolute atomic E-state index is 3.41. The van der Waals surface area contributed by atoms with E-state index in [1.807, 2.05) is 0 Å². The van der Waals surface area contributed by atoms with Crippen molar-refractivity contribution in [2.75, 3.05) is 13.6 Å². The molecule has 0 bridgehead atoms. The van der Waals surface area contributed by atoms with Crippen LogP contribution < -0.4 is 5.32 Å². The Bertz CT molecular complexity index is 473. The second kappa shape index (κ2) is 5.89. The zero-order chi connectivity index (χ0) is 14.9. The molecule has 1 saturated carbocycles. The van der Waals surface area contributed by atoms with Crippen molar-refractivity contribution in [3.8, 4) is 0 Å². The molecule has 0 saturated heterocycles. The smallest absolute Gasteiger partial charge is 0.00177 e. The Morgan fingerprint density at radius 3 is 2.40 bits per heavy atom. The summed E-state index contributed by atoms with van der Waals surface area (Å²) in [5.74, 6) is 1.50. The summed E-state index contributed by atoms with van der Waals surface area (Å²) in [6.07, 6.45) is 4.04. The van der Waals surface area contributed by atoms with Gasteiger partial charge in [0.1, 0.15) is 0 Å². The zero-order valence-corrected chi connectivity index (χ0v) is 14.1. The van der Waals surface area contributed by atoms with Crippen LogP contribution in [0.1, 0.15) is 61.3 Å². The summed E-state index contributed by atoms with van der Waals surface area (Å²) in [6.45, 7) is 12.8. The van der Waals surface area contributed by atoms with Gasteiger partial charge in [0.25, 0.3) is 0 Å². The van der Waals surface area contributed by atoms with Gasteiger partial charge >= 0.3 is 0 Å². The van der Waals surface area contributed by atoms with Gasteiger partial charge in [-0.25, -0.2) is 0 Å². The zero-order valence-electron chi connectivity index (χ0n) is 14.1. The van der Waals surface area contributed by atoms with Crippen molar-refractivity contribution in [2.45, 2.75) is 59.8 Å². The van der Waals surface area contributed by atoms with Crippen molar-refractivity contribution < 1.29 is 0 Å². The molecule has 2 rings (SSSR count). The van der Waals surface area contributed by atoms with Crippen molar-refractivity contribution in [3.63, 3.8) is 0 Å². The van der Waals surface area contributed by atoms with Crippen molar-refractivity contribution in [3.05, 3.63) is 34.4 Å². The Balaban J connectivity index is 2.37. The summed E-state index contributed by atoms with van der Waals surface area (Å²) in [4.78, 5) is 0. The topological polar surface area (TPSA) is 12.0 Å². The molecular weight excluding hydrogens is 242 g/mol. The van der Waals surface area contributed by atoms with Crippen LogP contribution in [0.2, 0.25) is 0 Å². The van der Waals surface area contributed by atoms with Crippen LogP contribution in [-0.4, -0.2) is 13.6 Å². The molecule has 1 aliphatic carbocycles. The molecule has 1 fully saturated rings. The number of aryl methyl sites for hydroxylation is 3. The minimum atomic E-state index is 0.486. The van der Waals surface area contributed by atoms with Gasteiger partial charge < -0.3 is 5.32 Å². The van der Waals surface area contributed by atoms with E-state index in [4.69, 9.17) is 0 Å². The summed E-state index contributed by atoms with van der Waals surface area (Å²) in [7, 11) is 2.09. The highest BCUT2D eigenvalue weighted by atomic mass is 14.8. The molecule has 1 N–H and O–H groups in total. The largest absolute Gasteiger partial charge is 0.319 e. The van der Waals surface area contributed by atoms with Crippen molar-refractivity contribution in [1.29, 1.82) is 0 Å². The van der Waals surface area contributed by atoms with Gasteiger partial charge in [0.05, 0.1) is 0 Å². The molecule has 0 aromatic heterocycles. The first-order valence-corrected chi connectivity index (χ1v) is 8.06. The molecule has 2 atom stereocenters. The normalized spacial score (nSPS) is 25.7. The summed E-state index contributed by atoms with van der Waals surface area (Å²) in [5.41, 5.74) is 6.43. The van der Waals surface area contributed by atoms with Crippen LogP contribution in [0.25, 0.3) is 0 Å². The molecule has 0 amide bonds. The third-order valence-corrected chi connectivity index (χ3v) is 5.28. The summed E-state index contributed by atoms with van der Waals surface area (Å²) in [5, 5.41) is 3.41. The van der Waals surface area contributed by atoms with E-state index in [0.717, 1.165) is 12.5 Å². The van der Waals surface area contributed by atoms with Crippen molar-refractivity contribution >= 4 is 0 Å². The molecule has 112 valence electrons. The highest BCUT2D eigenvalue weighted by Gasteiger charge is 2.35. The van der Waals surface area contributed by atoms with Crippen LogP contribution in [0, 0.1) is 32.1 Å². The van der Waals surface area contributed by atoms with Crippen LogP contribution in [0.15, 0.2) is 12.1 Å². The predicted molar refractivity (Wildman–Crippen MR) is 88.4 cm³/mol. The Morgan fingerprint density at radius 2 is 1.75 bits per heavy atom. The standard InChI is InChI=1S/C19H31N/c1-13-9-15(3)17(10-14(13)2)18-11-19(4,5)8-7-16(18)12-20-6/h9-10,16,18,20H,7-8,11-12H2,1-6H3. The van der Waals surface area contributed by atoms with E-state index in [2.05, 4.69) is 59.1 Å². The van der Waals surface area contributed by atoms with E-state index in [9.17, 15) is 0 Å². The fraction of sp³-hybridized carbons (Fsp3) is 0.684. The maximum Gasteiger partial charge on any atom is -0.00177 e. The van der Waals surface area contributed by atoms with Crippen LogP contribution in [0.5, 0.6) is 0 Å². The van der Waals surface area contributed by atoms with Gasteiger partial charge in [0, 0.05) is 0 Å². The van der Waals surface area contributed by atoms with Gasteiger partial charge in [-0.2, -0.15) is 0 Å². The van der Waals surface area contributed by atoms with Gasteiger partial charge in [0.15, 0.2) is 0 Å². The SMILES string of the molecule is CNCC1CCC(C)(C)CC1c1cc(C)c(C)cc1C. The monoisotopic (exact) mass is 273 g/mol. The lowest BCUT2D eigenvalue weighted by Crippen LogP contribution is -2.34. The van der Waals surface area contributed by atoms with Crippen LogP contribution in [0.4, 0.5) is 0 Å². The fourth-order valence-corrected chi connectivity index (χ4v) is 3.89. The Kier molecular flexibility index (Phi) is 4.59. The van der Waals surface area contributed by atoms with Gasteiger partial charge in [-0.15, -0.1) is 0 Å². The number of hydrogen-bond acceptors (Lipinski definition) is 1. The van der Waals surface area contributed by atoms with E-state index in [0.29, 0.717) is 11.3 Å². The second-order valence-corrected chi connectivity index (χ2v) is 7.62. The minimum Gasteiger partial charge on any atom is -0.319 e. The molecule has 20 heavy (non-hydrogen) atoms. The third kappa shape index (κ3) is 3.25. The molecule has 2 unspecified atom stereocenters. The van der Waals surface area contributed by atoms with Crippen molar-refractivity contribution in [1.82, 2.24) is 5.32 Å². The molecule has 0 spiro atoms. The summed E-state index contributed by atoms with van der Waals surface area (Å²) in [6, 6.07) is 4.84. The molecular formula is C19H31N. The van der Waals surface area contributed by atoms with E-state index in [1.165, 1.54) is 36.0 Å². The van der Waals surface area contributed by atoms with Crippen LogP contribution >= 0.6 is 0 Å². The Hall–Kier alpha value is -0.820. The number of hydrogen-bond donors (Lipinski definition) is 1. The first-order valence-electron chi connectivity index (χ1n) is 8.06. The van der Waals surface area contributed by atoms with E-state index < -0.39 is 0 Å². The predicted octanol–water partition coefficient (Wildman–Crippen LogP) is 4.74. The average Bonchev–Trinajstić information content (AvgIpc) is 2.36.